The van der Waals surface area contributed by atoms with Gasteiger partial charge in [-0.25, -0.2) is 0 Å². The summed E-state index contributed by atoms with van der Waals surface area (Å²) in [5.41, 5.74) is 0.538. The molecule has 0 aliphatic carbocycles. The highest BCUT2D eigenvalue weighted by molar-refractivity contribution is 14.1. The highest BCUT2D eigenvalue weighted by Crippen LogP contribution is 2.00. The second-order valence-electron chi connectivity index (χ2n) is 1.85. The molecule has 0 saturated carbocycles. The maximum Gasteiger partial charge on any atom is 0.282 e. The van der Waals surface area contributed by atoms with Crippen LogP contribution in [0.1, 0.15) is 5.56 Å². The molecule has 0 fully saturated rings. The van der Waals surface area contributed by atoms with Crippen LogP contribution in [0, 0.1) is 0 Å². The summed E-state index contributed by atoms with van der Waals surface area (Å²) in [6.07, 6.45) is 1.41. The molecule has 1 heterocycles. The van der Waals surface area contributed by atoms with Crippen LogP contribution in [0.3, 0.4) is 0 Å². The van der Waals surface area contributed by atoms with Gasteiger partial charge in [-0.05, 0) is 5.56 Å². The second kappa shape index (κ2) is 3.05. The summed E-state index contributed by atoms with van der Waals surface area (Å²) in [5, 5.41) is 8.83. The third-order valence-electron chi connectivity index (χ3n) is 1.11. The molecule has 1 N–H and O–H groups in total. The molecule has 0 spiro atoms. The normalized spacial score (nSPS) is 9.70. The van der Waals surface area contributed by atoms with E-state index in [1.807, 2.05) is 0 Å². The molecular formula is C6H6INO2. The summed E-state index contributed by atoms with van der Waals surface area (Å²) >= 11 is 2.16. The van der Waals surface area contributed by atoms with E-state index in [-0.39, 0.29) is 0 Å². The van der Waals surface area contributed by atoms with Crippen molar-refractivity contribution < 1.29 is 5.21 Å². The summed E-state index contributed by atoms with van der Waals surface area (Å²) in [5.74, 6) is 0. The number of pyridine rings is 1. The fraction of sp³-hybridized carbons (Fsp3) is 0.167. The van der Waals surface area contributed by atoms with Crippen molar-refractivity contribution in [2.45, 2.75) is 4.43 Å². The number of hydrogen-bond acceptors (Lipinski definition) is 2. The monoisotopic (exact) mass is 251 g/mol. The molecule has 0 aliphatic heterocycles. The topological polar surface area (TPSA) is 42.2 Å². The van der Waals surface area contributed by atoms with E-state index in [9.17, 15) is 4.79 Å². The highest BCUT2D eigenvalue weighted by atomic mass is 127. The van der Waals surface area contributed by atoms with Crippen LogP contribution in [0.4, 0.5) is 0 Å². The second-order valence-corrected chi connectivity index (χ2v) is 2.62. The molecule has 0 amide bonds. The van der Waals surface area contributed by atoms with Gasteiger partial charge in [0.2, 0.25) is 0 Å². The molecule has 3 nitrogen and oxygen atoms in total. The lowest BCUT2D eigenvalue weighted by Gasteiger charge is -1.96. The SMILES string of the molecule is O=c1ccc(CI)cn1O. The fourth-order valence-corrected chi connectivity index (χ4v) is 1.05. The van der Waals surface area contributed by atoms with Crippen molar-refractivity contribution in [2.75, 3.05) is 0 Å². The van der Waals surface area contributed by atoms with Crippen LogP contribution in [-0.4, -0.2) is 9.94 Å². The van der Waals surface area contributed by atoms with Gasteiger partial charge in [0.15, 0.2) is 0 Å². The summed E-state index contributed by atoms with van der Waals surface area (Å²) in [6.45, 7) is 0. The highest BCUT2D eigenvalue weighted by Gasteiger charge is 1.92. The minimum absolute atomic E-state index is 0.395. The first kappa shape index (κ1) is 7.59. The molecule has 0 aliphatic rings. The van der Waals surface area contributed by atoms with Crippen LogP contribution in [-0.2, 0) is 4.43 Å². The molecule has 0 atom stereocenters. The van der Waals surface area contributed by atoms with E-state index < -0.39 is 5.56 Å². The van der Waals surface area contributed by atoms with E-state index in [0.717, 1.165) is 9.99 Å². The first-order valence-corrected chi connectivity index (χ1v) is 4.23. The number of aromatic nitrogens is 1. The molecule has 0 unspecified atom stereocenters. The molecule has 0 saturated heterocycles. The third kappa shape index (κ3) is 1.50. The summed E-state index contributed by atoms with van der Waals surface area (Å²) in [7, 11) is 0. The van der Waals surface area contributed by atoms with Gasteiger partial charge in [-0.3, -0.25) is 4.79 Å². The quantitative estimate of drug-likeness (QED) is 0.460. The lowest BCUT2D eigenvalue weighted by Crippen LogP contribution is -2.15. The molecule has 0 bridgehead atoms. The third-order valence-corrected chi connectivity index (χ3v) is 1.99. The predicted octanol–water partition coefficient (Wildman–Crippen LogP) is 1.02. The average molecular weight is 251 g/mol. The van der Waals surface area contributed by atoms with Crippen molar-refractivity contribution in [3.05, 3.63) is 34.2 Å². The molecule has 1 rings (SSSR count). The van der Waals surface area contributed by atoms with E-state index in [0.29, 0.717) is 4.73 Å². The minimum Gasteiger partial charge on any atom is -0.425 e. The molecule has 0 radical (unpaired) electrons. The van der Waals surface area contributed by atoms with Gasteiger partial charge >= 0.3 is 0 Å². The Labute approximate surface area is 71.4 Å². The molecule has 54 valence electrons. The van der Waals surface area contributed by atoms with E-state index >= 15 is 0 Å². The lowest BCUT2D eigenvalue weighted by molar-refractivity contribution is 0.174. The molecular weight excluding hydrogens is 245 g/mol. The standard InChI is InChI=1S/C6H6INO2/c7-3-5-1-2-6(9)8(10)4-5/h1-2,4,10H,3H2. The maximum atomic E-state index is 10.6. The predicted molar refractivity (Wildman–Crippen MR) is 45.6 cm³/mol. The van der Waals surface area contributed by atoms with Crippen LogP contribution in [0.5, 0.6) is 0 Å². The number of halogens is 1. The van der Waals surface area contributed by atoms with Crippen LogP contribution < -0.4 is 5.56 Å². The van der Waals surface area contributed by atoms with Gasteiger partial charge in [-0.1, -0.05) is 28.7 Å². The van der Waals surface area contributed by atoms with Crippen LogP contribution in [0.25, 0.3) is 0 Å². The Morgan fingerprint density at radius 2 is 2.30 bits per heavy atom. The van der Waals surface area contributed by atoms with Crippen molar-refractivity contribution in [2.24, 2.45) is 0 Å². The minimum atomic E-state index is -0.395. The Morgan fingerprint density at radius 1 is 1.60 bits per heavy atom. The zero-order valence-corrected chi connectivity index (χ0v) is 7.28. The van der Waals surface area contributed by atoms with Crippen molar-refractivity contribution in [3.63, 3.8) is 0 Å². The van der Waals surface area contributed by atoms with Crippen molar-refractivity contribution >= 4 is 22.6 Å². The zero-order chi connectivity index (χ0) is 7.56. The van der Waals surface area contributed by atoms with Gasteiger partial charge < -0.3 is 5.21 Å². The number of rotatable bonds is 1. The zero-order valence-electron chi connectivity index (χ0n) is 5.12. The van der Waals surface area contributed by atoms with E-state index in [2.05, 4.69) is 22.6 Å². The van der Waals surface area contributed by atoms with Gasteiger partial charge in [0.1, 0.15) is 0 Å². The van der Waals surface area contributed by atoms with Gasteiger partial charge in [0.25, 0.3) is 5.56 Å². The summed E-state index contributed by atoms with van der Waals surface area (Å²) < 4.78 is 1.38. The fourth-order valence-electron chi connectivity index (χ4n) is 0.597. The molecule has 1 aromatic heterocycles. The van der Waals surface area contributed by atoms with E-state index in [1.54, 1.807) is 6.07 Å². The van der Waals surface area contributed by atoms with Crippen molar-refractivity contribution in [3.8, 4) is 0 Å². The smallest absolute Gasteiger partial charge is 0.282 e. The van der Waals surface area contributed by atoms with E-state index in [1.165, 1.54) is 12.3 Å². The van der Waals surface area contributed by atoms with Crippen molar-refractivity contribution in [1.82, 2.24) is 4.73 Å². The van der Waals surface area contributed by atoms with Crippen LogP contribution >= 0.6 is 22.6 Å². The molecule has 4 heteroatoms. The molecule has 0 aromatic carbocycles. The van der Waals surface area contributed by atoms with Crippen LogP contribution in [0.15, 0.2) is 23.1 Å². The Balaban J connectivity index is 3.17. The van der Waals surface area contributed by atoms with Gasteiger partial charge in [0, 0.05) is 10.5 Å². The van der Waals surface area contributed by atoms with Gasteiger partial charge in [-0.2, -0.15) is 4.73 Å². The average Bonchev–Trinajstić information content (AvgIpc) is 1.95. The summed E-state index contributed by atoms with van der Waals surface area (Å²) in [4.78, 5) is 10.6. The Hall–Kier alpha value is -0.520. The van der Waals surface area contributed by atoms with E-state index in [4.69, 9.17) is 5.21 Å². The van der Waals surface area contributed by atoms with Crippen LogP contribution in [0.2, 0.25) is 0 Å². The number of nitrogens with zero attached hydrogens (tertiary/aromatic N) is 1. The first-order valence-electron chi connectivity index (χ1n) is 2.71. The molecule has 10 heavy (non-hydrogen) atoms. The van der Waals surface area contributed by atoms with Crippen molar-refractivity contribution in [1.29, 1.82) is 0 Å². The Morgan fingerprint density at radius 3 is 2.80 bits per heavy atom. The summed E-state index contributed by atoms with van der Waals surface area (Å²) in [6, 6.07) is 3.04. The lowest BCUT2D eigenvalue weighted by atomic mass is 10.3. The number of hydrogen-bond donors (Lipinski definition) is 1. The Kier molecular flexibility index (Phi) is 2.31. The maximum absolute atomic E-state index is 10.6. The largest absolute Gasteiger partial charge is 0.425 e. The molecule has 1 aromatic rings. The van der Waals surface area contributed by atoms with Gasteiger partial charge in [0.05, 0.1) is 6.20 Å². The Bertz CT molecular complexity index is 281. The first-order chi connectivity index (χ1) is 4.74. The van der Waals surface area contributed by atoms with Gasteiger partial charge in [-0.15, -0.1) is 0 Å². The number of alkyl halides is 1.